The number of aromatic nitrogens is 4. The van der Waals surface area contributed by atoms with Gasteiger partial charge in [-0.2, -0.15) is 10.2 Å². The average Bonchev–Trinajstić information content (AvgIpc) is 3.35. The number of hydrogen-bond acceptors (Lipinski definition) is 4. The van der Waals surface area contributed by atoms with E-state index >= 15 is 0 Å². The highest BCUT2D eigenvalue weighted by atomic mass is 16.1. The number of likely N-dealkylation sites (tertiary alicyclic amines) is 1. The first-order valence-electron chi connectivity index (χ1n) is 10.1. The van der Waals surface area contributed by atoms with Crippen molar-refractivity contribution in [2.75, 3.05) is 13.1 Å². The molecule has 3 heterocycles. The second kappa shape index (κ2) is 6.65. The Morgan fingerprint density at radius 2 is 1.96 bits per heavy atom. The van der Waals surface area contributed by atoms with Gasteiger partial charge in [0, 0.05) is 24.8 Å². The highest BCUT2D eigenvalue weighted by Crippen LogP contribution is 2.26. The molecule has 1 aliphatic heterocycles. The fourth-order valence-electron chi connectivity index (χ4n) is 4.87. The van der Waals surface area contributed by atoms with E-state index < -0.39 is 0 Å². The van der Waals surface area contributed by atoms with E-state index in [1.165, 1.54) is 35.4 Å². The molecule has 2 aliphatic carbocycles. The second-order valence-electron chi connectivity index (χ2n) is 8.19. The van der Waals surface area contributed by atoms with Gasteiger partial charge in [-0.25, -0.2) is 4.68 Å². The highest BCUT2D eigenvalue weighted by Gasteiger charge is 2.24. The summed E-state index contributed by atoms with van der Waals surface area (Å²) < 4.78 is 1.73. The van der Waals surface area contributed by atoms with Crippen molar-refractivity contribution in [3.05, 3.63) is 44.6 Å². The molecule has 2 aromatic rings. The Hall–Kier alpha value is -1.95. The molecule has 0 saturated carbocycles. The molecule has 5 rings (SSSR count). The van der Waals surface area contributed by atoms with Gasteiger partial charge in [0.1, 0.15) is 0 Å². The fourth-order valence-corrected chi connectivity index (χ4v) is 4.87. The van der Waals surface area contributed by atoms with Crippen LogP contribution in [-0.4, -0.2) is 38.0 Å². The lowest BCUT2D eigenvalue weighted by molar-refractivity contribution is 0.161. The molecule has 1 N–H and O–H groups in total. The van der Waals surface area contributed by atoms with Gasteiger partial charge in [0.25, 0.3) is 5.56 Å². The predicted molar refractivity (Wildman–Crippen MR) is 99.1 cm³/mol. The second-order valence-corrected chi connectivity index (χ2v) is 8.19. The van der Waals surface area contributed by atoms with Crippen LogP contribution in [0, 0.1) is 5.92 Å². The molecule has 0 atom stereocenters. The van der Waals surface area contributed by atoms with Crippen molar-refractivity contribution in [2.24, 2.45) is 5.92 Å². The van der Waals surface area contributed by atoms with Crippen LogP contribution in [0.3, 0.4) is 0 Å². The molecule has 6 heteroatoms. The van der Waals surface area contributed by atoms with Crippen molar-refractivity contribution in [2.45, 2.75) is 64.5 Å². The molecule has 138 valence electrons. The summed E-state index contributed by atoms with van der Waals surface area (Å²) >= 11 is 0. The van der Waals surface area contributed by atoms with Crippen LogP contribution in [0.5, 0.6) is 0 Å². The number of aryl methyl sites for hydroxylation is 3. The van der Waals surface area contributed by atoms with Crippen molar-refractivity contribution >= 4 is 0 Å². The Balaban J connectivity index is 1.19. The molecular formula is C20H27N5O. The quantitative estimate of drug-likeness (QED) is 0.911. The lowest BCUT2D eigenvalue weighted by atomic mass is 9.96. The van der Waals surface area contributed by atoms with Crippen molar-refractivity contribution in [3.8, 4) is 0 Å². The van der Waals surface area contributed by atoms with E-state index in [0.717, 1.165) is 70.4 Å². The number of nitrogens with one attached hydrogen (secondary N) is 1. The number of H-pyrrole nitrogens is 1. The Morgan fingerprint density at radius 1 is 1.12 bits per heavy atom. The Bertz CT molecular complexity index is 860. The zero-order valence-corrected chi connectivity index (χ0v) is 15.3. The minimum Gasteiger partial charge on any atom is -0.297 e. The highest BCUT2D eigenvalue weighted by molar-refractivity contribution is 5.29. The summed E-state index contributed by atoms with van der Waals surface area (Å²) in [5.41, 5.74) is 6.49. The normalized spacial score (nSPS) is 20.5. The molecule has 0 aromatic carbocycles. The van der Waals surface area contributed by atoms with Crippen molar-refractivity contribution in [3.63, 3.8) is 0 Å². The summed E-state index contributed by atoms with van der Waals surface area (Å²) in [5, 5.41) is 12.4. The SMILES string of the molecule is O=c1cc2c(nn1CC1CCN(Cc3n[nH]c4c3CCC4)CC1)CCC2. The van der Waals surface area contributed by atoms with Crippen molar-refractivity contribution in [1.82, 2.24) is 24.9 Å². The third-order valence-corrected chi connectivity index (χ3v) is 6.43. The first-order valence-corrected chi connectivity index (χ1v) is 10.1. The molecule has 6 nitrogen and oxygen atoms in total. The maximum Gasteiger partial charge on any atom is 0.267 e. The van der Waals surface area contributed by atoms with E-state index in [0.29, 0.717) is 5.92 Å². The molecule has 1 saturated heterocycles. The predicted octanol–water partition coefficient (Wildman–Crippen LogP) is 1.86. The van der Waals surface area contributed by atoms with Crippen LogP contribution in [0.1, 0.15) is 53.9 Å². The molecule has 26 heavy (non-hydrogen) atoms. The summed E-state index contributed by atoms with van der Waals surface area (Å²) in [5.74, 6) is 0.556. The van der Waals surface area contributed by atoms with Gasteiger partial charge < -0.3 is 0 Å². The van der Waals surface area contributed by atoms with Crippen LogP contribution in [0.15, 0.2) is 10.9 Å². The fraction of sp³-hybridized carbons (Fsp3) is 0.650. The zero-order chi connectivity index (χ0) is 17.5. The first kappa shape index (κ1) is 16.2. The van der Waals surface area contributed by atoms with Gasteiger partial charge in [-0.15, -0.1) is 0 Å². The van der Waals surface area contributed by atoms with Crippen molar-refractivity contribution < 1.29 is 0 Å². The van der Waals surface area contributed by atoms with Crippen molar-refractivity contribution in [1.29, 1.82) is 0 Å². The number of nitrogens with zero attached hydrogens (tertiary/aromatic N) is 4. The Kier molecular flexibility index (Phi) is 4.15. The summed E-state index contributed by atoms with van der Waals surface area (Å²) in [6.45, 7) is 3.92. The van der Waals surface area contributed by atoms with Gasteiger partial charge in [0.2, 0.25) is 0 Å². The molecule has 0 bridgehead atoms. The smallest absolute Gasteiger partial charge is 0.267 e. The molecular weight excluding hydrogens is 326 g/mol. The van der Waals surface area contributed by atoms with E-state index in [4.69, 9.17) is 0 Å². The lowest BCUT2D eigenvalue weighted by Gasteiger charge is -2.31. The molecule has 3 aliphatic rings. The summed E-state index contributed by atoms with van der Waals surface area (Å²) in [6, 6.07) is 1.82. The summed E-state index contributed by atoms with van der Waals surface area (Å²) in [6.07, 6.45) is 9.07. The van der Waals surface area contributed by atoms with Gasteiger partial charge in [-0.3, -0.25) is 14.8 Å². The Morgan fingerprint density at radius 3 is 2.85 bits per heavy atom. The minimum atomic E-state index is 0.0835. The van der Waals surface area contributed by atoms with E-state index in [1.54, 1.807) is 4.68 Å². The van der Waals surface area contributed by atoms with Gasteiger partial charge >= 0.3 is 0 Å². The van der Waals surface area contributed by atoms with Gasteiger partial charge in [0.15, 0.2) is 0 Å². The van der Waals surface area contributed by atoms with Crippen LogP contribution in [0.25, 0.3) is 0 Å². The monoisotopic (exact) mass is 353 g/mol. The number of rotatable bonds is 4. The first-order chi connectivity index (χ1) is 12.8. The largest absolute Gasteiger partial charge is 0.297 e. The molecule has 2 aromatic heterocycles. The molecule has 0 amide bonds. The Labute approximate surface area is 153 Å². The molecule has 0 unspecified atom stereocenters. The molecule has 0 spiro atoms. The third kappa shape index (κ3) is 3.00. The van der Waals surface area contributed by atoms with Crippen LogP contribution >= 0.6 is 0 Å². The third-order valence-electron chi connectivity index (χ3n) is 6.43. The zero-order valence-electron chi connectivity index (χ0n) is 15.3. The number of aromatic amines is 1. The van der Waals surface area contributed by atoms with E-state index in [9.17, 15) is 4.79 Å². The van der Waals surface area contributed by atoms with Gasteiger partial charge in [0.05, 0.1) is 11.4 Å². The van der Waals surface area contributed by atoms with Gasteiger partial charge in [-0.1, -0.05) is 0 Å². The number of hydrogen-bond donors (Lipinski definition) is 1. The average molecular weight is 353 g/mol. The van der Waals surface area contributed by atoms with Crippen LogP contribution in [0.4, 0.5) is 0 Å². The molecule has 0 radical (unpaired) electrons. The standard InChI is InChI=1S/C20H27N5O/c26-20-11-15-3-1-5-17(15)23-25(20)12-14-7-9-24(10-8-14)13-19-16-4-2-6-18(16)21-22-19/h11,14H,1-10,12-13H2,(H,21,22). The molecule has 1 fully saturated rings. The topological polar surface area (TPSA) is 66.8 Å². The van der Waals surface area contributed by atoms with E-state index in [-0.39, 0.29) is 5.56 Å². The van der Waals surface area contributed by atoms with E-state index in [2.05, 4.69) is 20.2 Å². The number of fused-ring (bicyclic) bond motifs is 2. The number of piperidine rings is 1. The summed E-state index contributed by atoms with van der Waals surface area (Å²) in [7, 11) is 0. The lowest BCUT2D eigenvalue weighted by Crippen LogP contribution is -2.36. The minimum absolute atomic E-state index is 0.0835. The van der Waals surface area contributed by atoms with E-state index in [1.807, 2.05) is 6.07 Å². The van der Waals surface area contributed by atoms with Crippen LogP contribution in [0.2, 0.25) is 0 Å². The summed E-state index contributed by atoms with van der Waals surface area (Å²) in [4.78, 5) is 14.8. The van der Waals surface area contributed by atoms with Crippen LogP contribution < -0.4 is 5.56 Å². The van der Waals surface area contributed by atoms with Gasteiger partial charge in [-0.05, 0) is 81.5 Å². The maximum absolute atomic E-state index is 12.3. The maximum atomic E-state index is 12.3. The van der Waals surface area contributed by atoms with Crippen LogP contribution in [-0.2, 0) is 38.8 Å².